The summed E-state index contributed by atoms with van der Waals surface area (Å²) in [5.41, 5.74) is 0. The minimum absolute atomic E-state index is 0.0628. The summed E-state index contributed by atoms with van der Waals surface area (Å²) in [5, 5.41) is 13.9. The molecule has 10 heteroatoms. The lowest BCUT2D eigenvalue weighted by atomic mass is 10.0. The number of rotatable bonds is 60. The zero-order valence-electron chi connectivity index (χ0n) is 48.9. The average Bonchev–Trinajstić information content (AvgIpc) is 3.34. The number of nitrogens with one attached hydrogen (secondary N) is 1. The molecule has 3 N–H and O–H groups in total. The topological polar surface area (TPSA) is 114 Å². The lowest BCUT2D eigenvalue weighted by Gasteiger charge is -2.25. The molecule has 0 aromatic carbocycles. The fourth-order valence-corrected chi connectivity index (χ4v) is 10.4. The van der Waals surface area contributed by atoms with Crippen molar-refractivity contribution in [2.45, 2.75) is 328 Å². The highest BCUT2D eigenvalue weighted by Gasteiger charge is 2.28. The molecule has 3 atom stereocenters. The number of phosphoric ester groups is 1. The SMILES string of the molecule is CCCCCCCCCCCC/C=C/C(O)C(COP(=O)(O)OCC[N+](C)(C)C)NC(=O)CCCCCCCCCCCCCCCCCCCCCCOCCCCCCCCCCCCCCCCC. The van der Waals surface area contributed by atoms with Gasteiger partial charge in [-0.1, -0.05) is 289 Å². The lowest BCUT2D eigenvalue weighted by molar-refractivity contribution is -0.870. The largest absolute Gasteiger partial charge is 0.472 e. The number of hydrogen-bond donors (Lipinski definition) is 3. The second kappa shape index (κ2) is 55.0. The van der Waals surface area contributed by atoms with Crippen LogP contribution in [-0.2, 0) is 23.1 Å². The summed E-state index contributed by atoms with van der Waals surface area (Å²) in [7, 11) is 1.58. The highest BCUT2D eigenvalue weighted by Crippen LogP contribution is 2.43. The van der Waals surface area contributed by atoms with Crippen molar-refractivity contribution >= 4 is 13.7 Å². The van der Waals surface area contributed by atoms with Crippen molar-refractivity contribution in [1.29, 1.82) is 0 Å². The second-order valence-electron chi connectivity index (χ2n) is 23.1. The van der Waals surface area contributed by atoms with E-state index < -0.39 is 20.0 Å². The molecule has 0 aliphatic carbocycles. The van der Waals surface area contributed by atoms with Gasteiger partial charge in [0.2, 0.25) is 5.91 Å². The van der Waals surface area contributed by atoms with Crippen LogP contribution < -0.4 is 5.32 Å². The van der Waals surface area contributed by atoms with Gasteiger partial charge >= 0.3 is 7.82 Å². The summed E-state index contributed by atoms with van der Waals surface area (Å²) in [6.45, 7) is 6.76. The predicted octanol–water partition coefficient (Wildman–Crippen LogP) is 18.6. The molecule has 0 saturated heterocycles. The van der Waals surface area contributed by atoms with E-state index in [0.29, 0.717) is 17.4 Å². The highest BCUT2D eigenvalue weighted by atomic mass is 31.2. The number of aliphatic hydroxyl groups excluding tert-OH is 1. The van der Waals surface area contributed by atoms with E-state index in [1.807, 2.05) is 27.2 Å². The van der Waals surface area contributed by atoms with Crippen LogP contribution in [-0.4, -0.2) is 86.7 Å². The first-order valence-corrected chi connectivity index (χ1v) is 33.1. The van der Waals surface area contributed by atoms with Crippen molar-refractivity contribution in [1.82, 2.24) is 5.32 Å². The molecule has 0 saturated carbocycles. The number of aliphatic hydroxyl groups is 1. The first-order valence-electron chi connectivity index (χ1n) is 31.6. The van der Waals surface area contributed by atoms with Crippen molar-refractivity contribution in [3.63, 3.8) is 0 Å². The summed E-state index contributed by atoms with van der Waals surface area (Å²) in [5.74, 6) is -0.174. The number of allylic oxidation sites excluding steroid dienone is 1. The Kier molecular flexibility index (Phi) is 54.4. The number of hydrogen-bond acceptors (Lipinski definition) is 6. The normalized spacial score (nSPS) is 13.8. The number of likely N-dealkylation sites (N-methyl/N-ethyl adjacent to an activating group) is 1. The van der Waals surface area contributed by atoms with Crippen LogP contribution in [0.5, 0.6) is 0 Å². The first kappa shape index (κ1) is 71.2. The van der Waals surface area contributed by atoms with Crippen molar-refractivity contribution in [2.24, 2.45) is 0 Å². The third kappa shape index (κ3) is 56.9. The molecular formula is C62H126N2O7P+. The summed E-state index contributed by atoms with van der Waals surface area (Å²) >= 11 is 0. The Balaban J connectivity index is 3.82. The number of amides is 1. The standard InChI is InChI=1S/C62H125N2O7P/c1-6-8-10-12-14-16-18-20-28-31-35-39-43-47-51-56-69-57-52-48-44-40-36-32-29-26-24-22-21-23-25-27-30-34-38-42-46-50-54-62(66)63-60(59-71-72(67,68)70-58-55-64(3,4)5)61(65)53-49-45-41-37-33-19-17-15-13-11-9-7-2/h49,53,60-61,65H,6-48,50-52,54-59H2,1-5H3,(H-,63,66,67,68)/p+1/b53-49+. The monoisotopic (exact) mass is 1040 g/mol. The number of quaternary nitrogens is 1. The Morgan fingerprint density at radius 2 is 0.792 bits per heavy atom. The Labute approximate surface area is 448 Å². The third-order valence-electron chi connectivity index (χ3n) is 14.6. The molecule has 0 aromatic rings. The van der Waals surface area contributed by atoms with Gasteiger partial charge in [-0.15, -0.1) is 0 Å². The smallest absolute Gasteiger partial charge is 0.387 e. The minimum Gasteiger partial charge on any atom is -0.387 e. The van der Waals surface area contributed by atoms with E-state index in [1.54, 1.807) is 6.08 Å². The number of nitrogens with zero attached hydrogens (tertiary/aromatic N) is 1. The van der Waals surface area contributed by atoms with Gasteiger partial charge in [0.1, 0.15) is 13.2 Å². The first-order chi connectivity index (χ1) is 35.0. The zero-order valence-corrected chi connectivity index (χ0v) is 49.8. The Morgan fingerprint density at radius 1 is 0.472 bits per heavy atom. The zero-order chi connectivity index (χ0) is 52.7. The molecule has 1 amide bonds. The van der Waals surface area contributed by atoms with Crippen LogP contribution >= 0.6 is 7.82 Å². The van der Waals surface area contributed by atoms with Crippen LogP contribution in [0.2, 0.25) is 0 Å². The maximum Gasteiger partial charge on any atom is 0.472 e. The Hall–Kier alpha value is -0.800. The molecule has 9 nitrogen and oxygen atoms in total. The quantitative estimate of drug-likeness (QED) is 0.0241. The number of unbranched alkanes of at least 4 members (excludes halogenated alkanes) is 43. The van der Waals surface area contributed by atoms with Crippen molar-refractivity contribution in [3.05, 3.63) is 12.2 Å². The summed E-state index contributed by atoms with van der Waals surface area (Å²) in [4.78, 5) is 23.3. The van der Waals surface area contributed by atoms with Gasteiger partial charge in [-0.2, -0.15) is 0 Å². The Morgan fingerprint density at radius 3 is 1.14 bits per heavy atom. The maximum atomic E-state index is 13.0. The van der Waals surface area contributed by atoms with E-state index in [1.165, 1.54) is 257 Å². The molecule has 0 radical (unpaired) electrons. The number of carbonyl (C=O) groups excluding carboxylic acids is 1. The number of phosphoric acid groups is 1. The van der Waals surface area contributed by atoms with Crippen LogP contribution in [0.1, 0.15) is 316 Å². The average molecular weight is 1040 g/mol. The fourth-order valence-electron chi connectivity index (χ4n) is 9.61. The van der Waals surface area contributed by atoms with Crippen LogP contribution in [0, 0.1) is 0 Å². The van der Waals surface area contributed by atoms with Crippen LogP contribution in [0.15, 0.2) is 12.2 Å². The van der Waals surface area contributed by atoms with Gasteiger partial charge in [-0.05, 0) is 32.1 Å². The molecule has 72 heavy (non-hydrogen) atoms. The fraction of sp³-hybridized carbons (Fsp3) is 0.952. The maximum absolute atomic E-state index is 13.0. The highest BCUT2D eigenvalue weighted by molar-refractivity contribution is 7.47. The molecule has 3 unspecified atom stereocenters. The van der Waals surface area contributed by atoms with Crippen molar-refractivity contribution in [3.8, 4) is 0 Å². The van der Waals surface area contributed by atoms with Crippen molar-refractivity contribution < 1.29 is 37.6 Å². The summed E-state index contributed by atoms with van der Waals surface area (Å²) < 4.78 is 29.6. The van der Waals surface area contributed by atoms with Gasteiger partial charge in [-0.25, -0.2) is 4.57 Å². The van der Waals surface area contributed by atoms with E-state index >= 15 is 0 Å². The van der Waals surface area contributed by atoms with E-state index in [2.05, 4.69) is 19.2 Å². The van der Waals surface area contributed by atoms with Gasteiger partial charge in [0.25, 0.3) is 0 Å². The molecule has 430 valence electrons. The van der Waals surface area contributed by atoms with E-state index in [0.717, 1.165) is 51.7 Å². The van der Waals surface area contributed by atoms with Crippen LogP contribution in [0.25, 0.3) is 0 Å². The van der Waals surface area contributed by atoms with Gasteiger partial charge in [0, 0.05) is 19.6 Å². The second-order valence-corrected chi connectivity index (χ2v) is 24.5. The molecule has 0 rings (SSSR count). The van der Waals surface area contributed by atoms with Crippen molar-refractivity contribution in [2.75, 3.05) is 54.1 Å². The van der Waals surface area contributed by atoms with E-state index in [-0.39, 0.29) is 19.1 Å². The molecule has 0 fully saturated rings. The molecule has 0 spiro atoms. The summed E-state index contributed by atoms with van der Waals surface area (Å²) in [6.07, 6.45) is 63.6. The summed E-state index contributed by atoms with van der Waals surface area (Å²) in [6, 6.07) is -0.844. The van der Waals surface area contributed by atoms with Gasteiger partial charge in [0.05, 0.1) is 39.9 Å². The van der Waals surface area contributed by atoms with Crippen LogP contribution in [0.4, 0.5) is 0 Å². The Bertz CT molecular complexity index is 1180. The molecule has 0 aromatic heterocycles. The lowest BCUT2D eigenvalue weighted by Crippen LogP contribution is -2.45. The van der Waals surface area contributed by atoms with E-state index in [9.17, 15) is 19.4 Å². The van der Waals surface area contributed by atoms with E-state index in [4.69, 9.17) is 13.8 Å². The molecular weight excluding hydrogens is 916 g/mol. The van der Waals surface area contributed by atoms with Crippen LogP contribution in [0.3, 0.4) is 0 Å². The predicted molar refractivity (Wildman–Crippen MR) is 311 cm³/mol. The minimum atomic E-state index is -4.34. The van der Waals surface area contributed by atoms with Gasteiger partial charge in [0.15, 0.2) is 0 Å². The van der Waals surface area contributed by atoms with Gasteiger partial charge in [-0.3, -0.25) is 13.8 Å². The third-order valence-corrected chi connectivity index (χ3v) is 15.6. The van der Waals surface area contributed by atoms with Gasteiger partial charge < -0.3 is 24.5 Å². The molecule has 0 heterocycles. The number of ether oxygens (including phenoxy) is 1. The molecule has 0 aliphatic heterocycles. The molecule has 0 aliphatic rings. The molecule has 0 bridgehead atoms. The number of carbonyl (C=O) groups is 1.